The molecule has 0 fully saturated rings. The van der Waals surface area contributed by atoms with Crippen molar-refractivity contribution >= 4 is 11.8 Å². The lowest BCUT2D eigenvalue weighted by molar-refractivity contribution is -0.142. The van der Waals surface area contributed by atoms with E-state index >= 15 is 0 Å². The van der Waals surface area contributed by atoms with E-state index in [9.17, 15) is 14.0 Å². The minimum absolute atomic E-state index is 0.0171. The molecular weight excluding hydrogens is 383 g/mol. The molecule has 0 aromatic heterocycles. The normalized spacial score (nSPS) is 12.7. The third-order valence-electron chi connectivity index (χ3n) is 5.37. The minimum Gasteiger partial charge on any atom is -0.483 e. The van der Waals surface area contributed by atoms with Crippen LogP contribution in [0.2, 0.25) is 0 Å². The van der Waals surface area contributed by atoms with E-state index < -0.39 is 11.9 Å². The summed E-state index contributed by atoms with van der Waals surface area (Å²) in [7, 11) is 0. The van der Waals surface area contributed by atoms with Crippen molar-refractivity contribution in [2.45, 2.75) is 59.7 Å². The van der Waals surface area contributed by atoms with Gasteiger partial charge in [-0.15, -0.1) is 0 Å². The van der Waals surface area contributed by atoms with Gasteiger partial charge in [-0.2, -0.15) is 0 Å². The molecule has 2 atom stereocenters. The Hall–Kier alpha value is -2.89. The highest BCUT2D eigenvalue weighted by Crippen LogP contribution is 2.21. The van der Waals surface area contributed by atoms with Gasteiger partial charge in [0.1, 0.15) is 17.6 Å². The number of aryl methyl sites for hydroxylation is 1. The fraction of sp³-hybridized carbons (Fsp3) is 0.417. The first-order valence-electron chi connectivity index (χ1n) is 10.3. The summed E-state index contributed by atoms with van der Waals surface area (Å²) in [5.41, 5.74) is 2.36. The van der Waals surface area contributed by atoms with Crippen molar-refractivity contribution in [2.24, 2.45) is 0 Å². The van der Waals surface area contributed by atoms with Crippen LogP contribution in [0.15, 0.2) is 42.5 Å². The van der Waals surface area contributed by atoms with Crippen molar-refractivity contribution < 1.29 is 18.7 Å². The van der Waals surface area contributed by atoms with Crippen molar-refractivity contribution in [3.8, 4) is 5.75 Å². The summed E-state index contributed by atoms with van der Waals surface area (Å²) in [4.78, 5) is 27.1. The summed E-state index contributed by atoms with van der Waals surface area (Å²) < 4.78 is 20.0. The number of nitrogens with one attached hydrogen (secondary N) is 1. The average Bonchev–Trinajstić information content (AvgIpc) is 2.73. The Labute approximate surface area is 178 Å². The quantitative estimate of drug-likeness (QED) is 0.671. The van der Waals surface area contributed by atoms with Crippen LogP contribution < -0.4 is 10.1 Å². The first kappa shape index (κ1) is 23.4. The molecule has 1 N–H and O–H groups in total. The van der Waals surface area contributed by atoms with Gasteiger partial charge >= 0.3 is 0 Å². The highest BCUT2D eigenvalue weighted by molar-refractivity contribution is 5.88. The van der Waals surface area contributed by atoms with Gasteiger partial charge in [-0.1, -0.05) is 37.3 Å². The molecule has 0 aliphatic carbocycles. The van der Waals surface area contributed by atoms with E-state index in [1.807, 2.05) is 39.8 Å². The van der Waals surface area contributed by atoms with E-state index in [0.29, 0.717) is 11.3 Å². The minimum atomic E-state index is -0.770. The van der Waals surface area contributed by atoms with Crippen LogP contribution in [0, 0.1) is 19.7 Å². The SMILES string of the molecule is CCC(C)NC(=O)C(C)N(Cc1ccccc1F)C(=O)COc1cccc(C)c1C. The van der Waals surface area contributed by atoms with Crippen LogP contribution in [0.25, 0.3) is 0 Å². The lowest BCUT2D eigenvalue weighted by Gasteiger charge is -2.29. The van der Waals surface area contributed by atoms with Crippen LogP contribution in [0.4, 0.5) is 4.39 Å². The summed E-state index contributed by atoms with van der Waals surface area (Å²) in [6, 6.07) is 11.1. The van der Waals surface area contributed by atoms with Crippen LogP contribution in [-0.4, -0.2) is 35.4 Å². The van der Waals surface area contributed by atoms with Crippen molar-refractivity contribution in [1.82, 2.24) is 10.2 Å². The summed E-state index contributed by atoms with van der Waals surface area (Å²) in [5.74, 6) is -0.460. The molecule has 2 unspecified atom stereocenters. The van der Waals surface area contributed by atoms with Gasteiger partial charge in [0, 0.05) is 18.2 Å². The second-order valence-electron chi connectivity index (χ2n) is 7.59. The molecule has 0 aliphatic heterocycles. The van der Waals surface area contributed by atoms with E-state index in [1.54, 1.807) is 31.2 Å². The number of halogens is 1. The number of ether oxygens (including phenoxy) is 1. The van der Waals surface area contributed by atoms with Crippen LogP contribution in [0.1, 0.15) is 43.9 Å². The molecule has 0 heterocycles. The number of carbonyl (C=O) groups excluding carboxylic acids is 2. The molecule has 2 aromatic rings. The van der Waals surface area contributed by atoms with Gasteiger partial charge in [0.2, 0.25) is 5.91 Å². The Morgan fingerprint density at radius 2 is 1.80 bits per heavy atom. The predicted octanol–water partition coefficient (Wildman–Crippen LogP) is 4.15. The molecule has 30 heavy (non-hydrogen) atoms. The van der Waals surface area contributed by atoms with Gasteiger partial charge in [-0.25, -0.2) is 4.39 Å². The number of amides is 2. The Morgan fingerprint density at radius 1 is 1.10 bits per heavy atom. The number of benzene rings is 2. The predicted molar refractivity (Wildman–Crippen MR) is 116 cm³/mol. The van der Waals surface area contributed by atoms with Gasteiger partial charge in [-0.3, -0.25) is 9.59 Å². The second-order valence-corrected chi connectivity index (χ2v) is 7.59. The first-order chi connectivity index (χ1) is 14.2. The van der Waals surface area contributed by atoms with Gasteiger partial charge in [0.05, 0.1) is 0 Å². The zero-order valence-corrected chi connectivity index (χ0v) is 18.4. The molecular formula is C24H31FN2O3. The summed E-state index contributed by atoms with van der Waals surface area (Å²) >= 11 is 0. The molecule has 2 aromatic carbocycles. The monoisotopic (exact) mass is 414 g/mol. The van der Waals surface area contributed by atoms with Crippen LogP contribution >= 0.6 is 0 Å². The van der Waals surface area contributed by atoms with E-state index in [1.165, 1.54) is 11.0 Å². The molecule has 0 spiro atoms. The van der Waals surface area contributed by atoms with E-state index in [-0.39, 0.29) is 31.0 Å². The fourth-order valence-electron chi connectivity index (χ4n) is 2.96. The van der Waals surface area contributed by atoms with Crippen molar-refractivity contribution in [1.29, 1.82) is 0 Å². The Kier molecular flexibility index (Phi) is 8.39. The number of hydrogen-bond acceptors (Lipinski definition) is 3. The van der Waals surface area contributed by atoms with Crippen molar-refractivity contribution in [3.63, 3.8) is 0 Å². The van der Waals surface area contributed by atoms with Crippen LogP contribution in [0.3, 0.4) is 0 Å². The summed E-state index contributed by atoms with van der Waals surface area (Å²) in [6.07, 6.45) is 0.773. The lowest BCUT2D eigenvalue weighted by Crippen LogP contribution is -2.50. The molecule has 5 nitrogen and oxygen atoms in total. The highest BCUT2D eigenvalue weighted by Gasteiger charge is 2.28. The molecule has 6 heteroatoms. The second kappa shape index (κ2) is 10.8. The van der Waals surface area contributed by atoms with E-state index in [0.717, 1.165) is 17.5 Å². The fourth-order valence-corrected chi connectivity index (χ4v) is 2.96. The zero-order chi connectivity index (χ0) is 22.3. The topological polar surface area (TPSA) is 58.6 Å². The molecule has 0 saturated heterocycles. The third-order valence-corrected chi connectivity index (χ3v) is 5.37. The third kappa shape index (κ3) is 6.05. The molecule has 2 amide bonds. The lowest BCUT2D eigenvalue weighted by atomic mass is 10.1. The largest absolute Gasteiger partial charge is 0.483 e. The molecule has 162 valence electrons. The van der Waals surface area contributed by atoms with Gasteiger partial charge in [0.15, 0.2) is 6.61 Å². The molecule has 0 aliphatic rings. The summed E-state index contributed by atoms with van der Waals surface area (Å²) in [5, 5.41) is 2.89. The molecule has 0 bridgehead atoms. The number of hydrogen-bond donors (Lipinski definition) is 1. The molecule has 2 rings (SSSR count). The van der Waals surface area contributed by atoms with Gasteiger partial charge < -0.3 is 15.0 Å². The maximum atomic E-state index is 14.2. The number of nitrogens with zero attached hydrogens (tertiary/aromatic N) is 1. The maximum absolute atomic E-state index is 14.2. The van der Waals surface area contributed by atoms with Gasteiger partial charge in [-0.05, 0) is 57.4 Å². The van der Waals surface area contributed by atoms with E-state index in [2.05, 4.69) is 5.32 Å². The van der Waals surface area contributed by atoms with Crippen molar-refractivity contribution in [2.75, 3.05) is 6.61 Å². The van der Waals surface area contributed by atoms with Crippen molar-refractivity contribution in [3.05, 3.63) is 65.0 Å². The molecule has 0 saturated carbocycles. The zero-order valence-electron chi connectivity index (χ0n) is 18.4. The average molecular weight is 415 g/mol. The Bertz CT molecular complexity index is 885. The van der Waals surface area contributed by atoms with E-state index in [4.69, 9.17) is 4.74 Å². The summed E-state index contributed by atoms with van der Waals surface area (Å²) in [6.45, 7) is 9.16. The highest BCUT2D eigenvalue weighted by atomic mass is 19.1. The first-order valence-corrected chi connectivity index (χ1v) is 10.3. The smallest absolute Gasteiger partial charge is 0.261 e. The van der Waals surface area contributed by atoms with Crippen LogP contribution in [0.5, 0.6) is 5.75 Å². The standard InChI is InChI=1S/C24H31FN2O3/c1-6-17(3)26-24(29)19(5)27(14-20-11-7-8-12-21(20)25)23(28)15-30-22-13-9-10-16(2)18(22)4/h7-13,17,19H,6,14-15H2,1-5H3,(H,26,29). The molecule has 0 radical (unpaired) electrons. The van der Waals surface area contributed by atoms with Crippen LogP contribution in [-0.2, 0) is 16.1 Å². The number of carbonyl (C=O) groups is 2. The maximum Gasteiger partial charge on any atom is 0.261 e. The number of rotatable bonds is 9. The Morgan fingerprint density at radius 3 is 2.47 bits per heavy atom. The van der Waals surface area contributed by atoms with Gasteiger partial charge in [0.25, 0.3) is 5.91 Å². The Balaban J connectivity index is 2.20.